The van der Waals surface area contributed by atoms with Gasteiger partial charge in [-0.25, -0.2) is 35.1 Å². The summed E-state index contributed by atoms with van der Waals surface area (Å²) in [6.07, 6.45) is 0. The Balaban J connectivity index is 0.000000172. The minimum absolute atomic E-state index is 0.0440. The maximum absolute atomic E-state index is 13.9. The standard InChI is InChI=1S/C14H11ClF2.2C14H11F3/c1-8-3-5-10(12(16)7-8)11-6-4-9(2)13(15)14(11)17;2*1-8-3-5-10(12(15)7-8)11-6-4-9(2)13(16)14(11)17/h3*3-7H,1-2H3. The molecule has 9 heteroatoms. The quantitative estimate of drug-likeness (QED) is 0.159. The zero-order valence-corrected chi connectivity index (χ0v) is 29.3. The third-order valence-corrected chi connectivity index (χ3v) is 8.53. The lowest BCUT2D eigenvalue weighted by molar-refractivity contribution is 0.504. The molecule has 0 saturated heterocycles. The Morgan fingerprint density at radius 3 is 0.902 bits per heavy atom. The number of benzene rings is 6. The van der Waals surface area contributed by atoms with Crippen molar-refractivity contribution in [3.05, 3.63) is 176 Å². The van der Waals surface area contributed by atoms with Gasteiger partial charge in [-0.15, -0.1) is 0 Å². The predicted octanol–water partition coefficient (Wildman–Crippen LogP) is 13.7. The molecule has 0 aliphatic rings. The zero-order chi connectivity index (χ0) is 37.7. The monoisotopic (exact) mass is 724 g/mol. The molecule has 6 aromatic rings. The summed E-state index contributed by atoms with van der Waals surface area (Å²) in [5, 5.41) is 0.0440. The Labute approximate surface area is 297 Å². The van der Waals surface area contributed by atoms with E-state index in [2.05, 4.69) is 0 Å². The van der Waals surface area contributed by atoms with Crippen LogP contribution in [0.1, 0.15) is 33.4 Å². The minimum Gasteiger partial charge on any atom is -0.206 e. The number of hydrogen-bond acceptors (Lipinski definition) is 0. The average Bonchev–Trinajstić information content (AvgIpc) is 3.07. The lowest BCUT2D eigenvalue weighted by Gasteiger charge is -2.08. The fourth-order valence-corrected chi connectivity index (χ4v) is 5.24. The molecule has 0 fully saturated rings. The zero-order valence-electron chi connectivity index (χ0n) is 28.6. The van der Waals surface area contributed by atoms with E-state index in [-0.39, 0.29) is 49.5 Å². The van der Waals surface area contributed by atoms with Crippen LogP contribution in [0.4, 0.5) is 35.1 Å². The van der Waals surface area contributed by atoms with Crippen molar-refractivity contribution in [1.29, 1.82) is 0 Å². The van der Waals surface area contributed by atoms with Crippen LogP contribution < -0.4 is 0 Å². The lowest BCUT2D eigenvalue weighted by Crippen LogP contribution is -1.95. The molecule has 51 heavy (non-hydrogen) atoms. The highest BCUT2D eigenvalue weighted by Crippen LogP contribution is 2.33. The molecule has 0 heterocycles. The Hall–Kier alpha value is -4.95. The van der Waals surface area contributed by atoms with Crippen LogP contribution in [-0.4, -0.2) is 0 Å². The summed E-state index contributed by atoms with van der Waals surface area (Å²) < 4.78 is 109. The van der Waals surface area contributed by atoms with Crippen LogP contribution in [0.3, 0.4) is 0 Å². The van der Waals surface area contributed by atoms with E-state index < -0.39 is 46.5 Å². The van der Waals surface area contributed by atoms with Crippen LogP contribution in [0.2, 0.25) is 5.02 Å². The summed E-state index contributed by atoms with van der Waals surface area (Å²) in [6.45, 7) is 9.89. The Morgan fingerprint density at radius 2 is 0.588 bits per heavy atom. The second-order valence-corrected chi connectivity index (χ2v) is 12.5. The van der Waals surface area contributed by atoms with E-state index >= 15 is 0 Å². The van der Waals surface area contributed by atoms with Crippen LogP contribution in [-0.2, 0) is 0 Å². The molecule has 0 aliphatic heterocycles. The Bertz CT molecular complexity index is 1980. The highest BCUT2D eigenvalue weighted by Gasteiger charge is 2.17. The highest BCUT2D eigenvalue weighted by molar-refractivity contribution is 6.31. The van der Waals surface area contributed by atoms with Gasteiger partial charge in [0.1, 0.15) is 23.3 Å². The summed E-state index contributed by atoms with van der Waals surface area (Å²) in [6, 6.07) is 22.4. The second-order valence-electron chi connectivity index (χ2n) is 12.1. The topological polar surface area (TPSA) is 0 Å². The number of halogens is 9. The predicted molar refractivity (Wildman–Crippen MR) is 189 cm³/mol. The molecule has 0 atom stereocenters. The molecular weight excluding hydrogens is 692 g/mol. The van der Waals surface area contributed by atoms with E-state index in [1.165, 1.54) is 68.4 Å². The summed E-state index contributed by atoms with van der Waals surface area (Å²) in [4.78, 5) is 0. The first-order valence-electron chi connectivity index (χ1n) is 15.6. The van der Waals surface area contributed by atoms with Gasteiger partial charge in [-0.2, -0.15) is 0 Å². The van der Waals surface area contributed by atoms with Gasteiger partial charge in [0.05, 0.1) is 5.02 Å². The summed E-state index contributed by atoms with van der Waals surface area (Å²) >= 11 is 5.82. The van der Waals surface area contributed by atoms with Crippen LogP contribution >= 0.6 is 11.6 Å². The minimum atomic E-state index is -1.01. The third-order valence-electron chi connectivity index (χ3n) is 8.07. The number of hydrogen-bond donors (Lipinski definition) is 0. The molecule has 0 bridgehead atoms. The first kappa shape index (κ1) is 38.8. The van der Waals surface area contributed by atoms with E-state index in [1.54, 1.807) is 64.1 Å². The van der Waals surface area contributed by atoms with Gasteiger partial charge in [0, 0.05) is 33.4 Å². The molecular formula is C42H33ClF8. The van der Waals surface area contributed by atoms with E-state index in [0.29, 0.717) is 5.56 Å². The number of rotatable bonds is 3. The van der Waals surface area contributed by atoms with Crippen molar-refractivity contribution in [2.45, 2.75) is 41.5 Å². The lowest BCUT2D eigenvalue weighted by atomic mass is 10.0. The van der Waals surface area contributed by atoms with Crippen LogP contribution in [0.25, 0.3) is 33.4 Å². The second kappa shape index (κ2) is 16.4. The van der Waals surface area contributed by atoms with Crippen molar-refractivity contribution in [1.82, 2.24) is 0 Å². The van der Waals surface area contributed by atoms with Crippen LogP contribution in [0.15, 0.2) is 91.0 Å². The maximum atomic E-state index is 13.9. The maximum Gasteiger partial charge on any atom is 0.167 e. The average molecular weight is 725 g/mol. The molecule has 264 valence electrons. The Morgan fingerprint density at radius 1 is 0.314 bits per heavy atom. The van der Waals surface area contributed by atoms with Gasteiger partial charge in [0.25, 0.3) is 0 Å². The fourth-order valence-electron chi connectivity index (χ4n) is 5.08. The number of aryl methyl sites for hydroxylation is 6. The molecule has 6 rings (SSSR count). The molecule has 0 spiro atoms. The first-order valence-corrected chi connectivity index (χ1v) is 16.0. The smallest absolute Gasteiger partial charge is 0.167 e. The third kappa shape index (κ3) is 8.86. The molecule has 0 amide bonds. The van der Waals surface area contributed by atoms with Crippen molar-refractivity contribution in [2.24, 2.45) is 0 Å². The van der Waals surface area contributed by atoms with Crippen molar-refractivity contribution in [2.75, 3.05) is 0 Å². The van der Waals surface area contributed by atoms with Gasteiger partial charge in [0.2, 0.25) is 0 Å². The van der Waals surface area contributed by atoms with Crippen LogP contribution in [0.5, 0.6) is 0 Å². The largest absolute Gasteiger partial charge is 0.206 e. The van der Waals surface area contributed by atoms with Gasteiger partial charge in [-0.1, -0.05) is 84.4 Å². The normalized spacial score (nSPS) is 10.6. The van der Waals surface area contributed by atoms with Gasteiger partial charge < -0.3 is 0 Å². The molecule has 6 aromatic carbocycles. The van der Waals surface area contributed by atoms with Crippen molar-refractivity contribution in [3.8, 4) is 33.4 Å². The van der Waals surface area contributed by atoms with Gasteiger partial charge in [0.15, 0.2) is 23.3 Å². The summed E-state index contributed by atoms with van der Waals surface area (Å²) in [5.41, 5.74) is 3.80. The molecule has 0 radical (unpaired) electrons. The van der Waals surface area contributed by atoms with Crippen LogP contribution in [0, 0.1) is 88.1 Å². The van der Waals surface area contributed by atoms with Crippen molar-refractivity contribution in [3.63, 3.8) is 0 Å². The van der Waals surface area contributed by atoms with E-state index in [9.17, 15) is 35.1 Å². The van der Waals surface area contributed by atoms with Gasteiger partial charge in [-0.05, 0) is 93.1 Å². The SMILES string of the molecule is Cc1ccc(-c2ccc(C)c(Cl)c2F)c(F)c1.Cc1ccc(-c2ccc(C)c(F)c2F)c(F)c1.Cc1ccc(-c2ccc(C)c(F)c2F)c(F)c1. The van der Waals surface area contributed by atoms with Gasteiger partial charge in [-0.3, -0.25) is 0 Å². The van der Waals surface area contributed by atoms with Gasteiger partial charge >= 0.3 is 0 Å². The first-order chi connectivity index (χ1) is 24.0. The van der Waals surface area contributed by atoms with E-state index in [0.717, 1.165) is 16.7 Å². The summed E-state index contributed by atoms with van der Waals surface area (Å²) in [7, 11) is 0. The molecule has 0 unspecified atom stereocenters. The molecule has 0 N–H and O–H groups in total. The Kier molecular flexibility index (Phi) is 12.5. The molecule has 0 saturated carbocycles. The highest BCUT2D eigenvalue weighted by atomic mass is 35.5. The van der Waals surface area contributed by atoms with E-state index in [4.69, 9.17) is 11.6 Å². The molecule has 0 aliphatic carbocycles. The van der Waals surface area contributed by atoms with Crippen molar-refractivity contribution < 1.29 is 35.1 Å². The fraction of sp³-hybridized carbons (Fsp3) is 0.143. The van der Waals surface area contributed by atoms with E-state index in [1.807, 2.05) is 0 Å². The van der Waals surface area contributed by atoms with Crippen molar-refractivity contribution >= 4 is 11.6 Å². The molecule has 0 nitrogen and oxygen atoms in total. The molecule has 0 aromatic heterocycles. The summed E-state index contributed by atoms with van der Waals surface area (Å²) in [5.74, 6) is -5.98.